The van der Waals surface area contributed by atoms with Crippen LogP contribution >= 0.6 is 0 Å². The zero-order chi connectivity index (χ0) is 16.8. The predicted molar refractivity (Wildman–Crippen MR) is 82.9 cm³/mol. The summed E-state index contributed by atoms with van der Waals surface area (Å²) in [6.45, 7) is 0.299. The molecule has 3 rings (SSSR count). The molecule has 2 saturated heterocycles. The molecule has 2 aliphatic rings. The fourth-order valence-electron chi connectivity index (χ4n) is 3.06. The molecule has 3 N–H and O–H groups in total. The van der Waals surface area contributed by atoms with Crippen LogP contribution in [0.3, 0.4) is 0 Å². The van der Waals surface area contributed by atoms with E-state index in [0.29, 0.717) is 0 Å². The lowest BCUT2D eigenvalue weighted by molar-refractivity contribution is -0.131. The highest BCUT2D eigenvalue weighted by Gasteiger charge is 2.52. The topological polar surface area (TPSA) is 113 Å². The average molecular weight is 338 g/mol. The first-order chi connectivity index (χ1) is 10.8. The number of piperidine rings is 1. The number of nitrogen functional groups attached to an aromatic ring is 1. The molecular weight excluding hydrogens is 320 g/mol. The summed E-state index contributed by atoms with van der Waals surface area (Å²) in [5, 5.41) is 2.68. The van der Waals surface area contributed by atoms with E-state index >= 15 is 0 Å². The number of amides is 3. The maximum Gasteiger partial charge on any atom is 0.324 e. The molecule has 8 nitrogen and oxygen atoms in total. The molecule has 1 spiro atoms. The van der Waals surface area contributed by atoms with Gasteiger partial charge in [-0.05, 0) is 25.0 Å². The first kappa shape index (κ1) is 15.8. The van der Waals surface area contributed by atoms with Crippen LogP contribution in [0.15, 0.2) is 29.2 Å². The van der Waals surface area contributed by atoms with Crippen molar-refractivity contribution in [1.29, 1.82) is 0 Å². The molecule has 1 aromatic carbocycles. The van der Waals surface area contributed by atoms with Gasteiger partial charge in [0, 0.05) is 20.1 Å². The quantitative estimate of drug-likeness (QED) is 0.581. The second kappa shape index (κ2) is 5.20. The summed E-state index contributed by atoms with van der Waals surface area (Å²) in [4.78, 5) is 25.0. The molecule has 0 radical (unpaired) electrons. The van der Waals surface area contributed by atoms with E-state index in [1.54, 1.807) is 12.1 Å². The Balaban J connectivity index is 1.81. The van der Waals surface area contributed by atoms with Crippen LogP contribution in [0.2, 0.25) is 0 Å². The van der Waals surface area contributed by atoms with Crippen LogP contribution in [0, 0.1) is 0 Å². The second-order valence-electron chi connectivity index (χ2n) is 5.82. The molecule has 2 fully saturated rings. The molecule has 0 unspecified atom stereocenters. The molecular formula is C14H18N4O4S. The van der Waals surface area contributed by atoms with Gasteiger partial charge in [0.05, 0.1) is 5.69 Å². The van der Waals surface area contributed by atoms with Gasteiger partial charge in [0.1, 0.15) is 10.4 Å². The summed E-state index contributed by atoms with van der Waals surface area (Å²) in [5.74, 6) is -0.307. The van der Waals surface area contributed by atoms with Gasteiger partial charge in [-0.2, -0.15) is 4.31 Å². The Morgan fingerprint density at radius 1 is 1.17 bits per heavy atom. The maximum atomic E-state index is 12.7. The molecule has 2 heterocycles. The lowest BCUT2D eigenvalue weighted by atomic mass is 9.88. The maximum absolute atomic E-state index is 12.7. The van der Waals surface area contributed by atoms with Gasteiger partial charge in [0.25, 0.3) is 5.91 Å². The average Bonchev–Trinajstić information content (AvgIpc) is 2.72. The number of sulfonamides is 1. The Labute approximate surface area is 134 Å². The number of hydrogen-bond acceptors (Lipinski definition) is 5. The summed E-state index contributed by atoms with van der Waals surface area (Å²) in [6, 6.07) is 5.84. The van der Waals surface area contributed by atoms with Crippen LogP contribution in [-0.4, -0.2) is 55.2 Å². The van der Waals surface area contributed by atoms with Gasteiger partial charge >= 0.3 is 6.03 Å². The number of carbonyl (C=O) groups is 2. The van der Waals surface area contributed by atoms with E-state index in [-0.39, 0.29) is 42.4 Å². The third-order valence-corrected chi connectivity index (χ3v) is 6.45. The lowest BCUT2D eigenvalue weighted by Crippen LogP contribution is -2.55. The van der Waals surface area contributed by atoms with E-state index < -0.39 is 21.6 Å². The van der Waals surface area contributed by atoms with Crippen molar-refractivity contribution >= 4 is 27.6 Å². The molecule has 0 aliphatic carbocycles. The number of para-hydroxylation sites is 1. The minimum atomic E-state index is -3.71. The van der Waals surface area contributed by atoms with Crippen LogP contribution in [0.5, 0.6) is 0 Å². The number of hydrogen-bond donors (Lipinski definition) is 2. The highest BCUT2D eigenvalue weighted by molar-refractivity contribution is 7.89. The van der Waals surface area contributed by atoms with E-state index in [4.69, 9.17) is 5.73 Å². The normalized spacial score (nSPS) is 21.7. The molecule has 3 amide bonds. The van der Waals surface area contributed by atoms with Crippen LogP contribution in [0.25, 0.3) is 0 Å². The number of rotatable bonds is 2. The van der Waals surface area contributed by atoms with Crippen LogP contribution in [-0.2, 0) is 14.8 Å². The monoisotopic (exact) mass is 338 g/mol. The molecule has 0 atom stereocenters. The van der Waals surface area contributed by atoms with Gasteiger partial charge in [-0.25, -0.2) is 13.2 Å². The largest absolute Gasteiger partial charge is 0.398 e. The van der Waals surface area contributed by atoms with Crippen molar-refractivity contribution in [2.24, 2.45) is 0 Å². The third-order valence-electron chi connectivity index (χ3n) is 4.48. The van der Waals surface area contributed by atoms with Crippen molar-refractivity contribution in [2.45, 2.75) is 23.3 Å². The third kappa shape index (κ3) is 2.36. The number of urea groups is 1. The number of carbonyl (C=O) groups excluding carboxylic acids is 2. The van der Waals surface area contributed by atoms with E-state index in [2.05, 4.69) is 5.32 Å². The number of benzene rings is 1. The highest BCUT2D eigenvalue weighted by Crippen LogP contribution is 2.32. The van der Waals surface area contributed by atoms with Gasteiger partial charge in [0.2, 0.25) is 10.0 Å². The minimum Gasteiger partial charge on any atom is -0.398 e. The van der Waals surface area contributed by atoms with E-state index in [0.717, 1.165) is 4.90 Å². The fourth-order valence-corrected chi connectivity index (χ4v) is 4.61. The van der Waals surface area contributed by atoms with Crippen LogP contribution in [0.4, 0.5) is 10.5 Å². The number of nitrogens with two attached hydrogens (primary N) is 1. The Hall–Kier alpha value is -2.13. The number of imide groups is 1. The van der Waals surface area contributed by atoms with Crippen molar-refractivity contribution in [1.82, 2.24) is 14.5 Å². The lowest BCUT2D eigenvalue weighted by Gasteiger charge is -2.36. The summed E-state index contributed by atoms with van der Waals surface area (Å²) < 4.78 is 26.7. The van der Waals surface area contributed by atoms with Gasteiger partial charge in [-0.15, -0.1) is 0 Å². The van der Waals surface area contributed by atoms with Crippen LogP contribution < -0.4 is 11.1 Å². The van der Waals surface area contributed by atoms with Gasteiger partial charge in [-0.3, -0.25) is 9.69 Å². The fraction of sp³-hybridized carbons (Fsp3) is 0.429. The molecule has 9 heteroatoms. The van der Waals surface area contributed by atoms with Gasteiger partial charge < -0.3 is 11.1 Å². The SMILES string of the molecule is CN1C(=O)NC2(CCN(S(=O)(=O)c3ccccc3N)CC2)C1=O. The minimum absolute atomic E-state index is 0.0647. The van der Waals surface area contributed by atoms with E-state index in [1.165, 1.54) is 23.5 Å². The summed E-state index contributed by atoms with van der Waals surface area (Å²) in [6.07, 6.45) is 0.488. The molecule has 23 heavy (non-hydrogen) atoms. The summed E-state index contributed by atoms with van der Waals surface area (Å²) in [7, 11) is -2.30. The predicted octanol–water partition coefficient (Wildman–Crippen LogP) is -0.0263. The highest BCUT2D eigenvalue weighted by atomic mass is 32.2. The van der Waals surface area contributed by atoms with Crippen molar-refractivity contribution in [3.63, 3.8) is 0 Å². The first-order valence-electron chi connectivity index (χ1n) is 7.23. The first-order valence-corrected chi connectivity index (χ1v) is 8.67. The molecule has 124 valence electrons. The van der Waals surface area contributed by atoms with E-state index in [9.17, 15) is 18.0 Å². The van der Waals surface area contributed by atoms with Gasteiger partial charge in [0.15, 0.2) is 0 Å². The van der Waals surface area contributed by atoms with Crippen molar-refractivity contribution < 1.29 is 18.0 Å². The van der Waals surface area contributed by atoms with Crippen molar-refractivity contribution in [3.05, 3.63) is 24.3 Å². The zero-order valence-corrected chi connectivity index (χ0v) is 13.5. The number of anilines is 1. The standard InChI is InChI=1S/C14H18N4O4S/c1-17-12(19)14(16-13(17)20)6-8-18(9-7-14)23(21,22)11-5-3-2-4-10(11)15/h2-5H,6-9,15H2,1H3,(H,16,20). The zero-order valence-electron chi connectivity index (χ0n) is 12.7. The number of nitrogens with one attached hydrogen (secondary N) is 1. The van der Waals surface area contributed by atoms with Crippen molar-refractivity contribution in [2.75, 3.05) is 25.9 Å². The molecule has 0 bridgehead atoms. The Bertz CT molecular complexity index is 769. The number of nitrogens with zero attached hydrogens (tertiary/aromatic N) is 2. The Morgan fingerprint density at radius 3 is 2.30 bits per heavy atom. The smallest absolute Gasteiger partial charge is 0.324 e. The molecule has 1 aromatic rings. The van der Waals surface area contributed by atoms with Crippen LogP contribution in [0.1, 0.15) is 12.8 Å². The Morgan fingerprint density at radius 2 is 1.78 bits per heavy atom. The summed E-state index contributed by atoms with van der Waals surface area (Å²) >= 11 is 0. The molecule has 2 aliphatic heterocycles. The number of likely N-dealkylation sites (N-methyl/N-ethyl adjacent to an activating group) is 1. The summed E-state index contributed by atoms with van der Waals surface area (Å²) in [5.41, 5.74) is 4.97. The van der Waals surface area contributed by atoms with Crippen molar-refractivity contribution in [3.8, 4) is 0 Å². The van der Waals surface area contributed by atoms with E-state index in [1.807, 2.05) is 0 Å². The molecule has 0 aromatic heterocycles. The van der Waals surface area contributed by atoms with Gasteiger partial charge in [-0.1, -0.05) is 12.1 Å². The Kier molecular flexibility index (Phi) is 3.56. The second-order valence-corrected chi connectivity index (χ2v) is 7.72. The molecule has 0 saturated carbocycles.